The lowest BCUT2D eigenvalue weighted by Gasteiger charge is -2.22. The number of hydrogen-bond acceptors (Lipinski definition) is 3. The van der Waals surface area contributed by atoms with E-state index < -0.39 is 0 Å². The summed E-state index contributed by atoms with van der Waals surface area (Å²) in [4.78, 5) is 5.91. The molecular weight excluding hydrogens is 229 g/mol. The van der Waals surface area contributed by atoms with Crippen molar-refractivity contribution in [2.45, 2.75) is 6.92 Å². The molecule has 0 bridgehead atoms. The fourth-order valence-corrected chi connectivity index (χ4v) is 1.76. The molecule has 0 aliphatic heterocycles. The highest BCUT2D eigenvalue weighted by molar-refractivity contribution is 5.60. The van der Waals surface area contributed by atoms with Gasteiger partial charge in [0.05, 0.1) is 5.69 Å². The molecule has 0 spiro atoms. The van der Waals surface area contributed by atoms with E-state index in [1.807, 2.05) is 13.0 Å². The fourth-order valence-electron chi connectivity index (χ4n) is 1.76. The number of nitrogens with zero attached hydrogens (tertiary/aromatic N) is 3. The van der Waals surface area contributed by atoms with Crippen molar-refractivity contribution < 1.29 is 4.39 Å². The standard InChI is InChI=1S/C14H12FN3/c1-2-18(13-8-4-3-7-12(13)15)14-9-5-6-11(10-16)17-14/h3-9H,2H2,1H3. The van der Waals surface area contributed by atoms with Gasteiger partial charge in [-0.1, -0.05) is 18.2 Å². The molecule has 1 aromatic carbocycles. The number of pyridine rings is 1. The van der Waals surface area contributed by atoms with Crippen LogP contribution in [0.5, 0.6) is 0 Å². The molecule has 2 aromatic rings. The monoisotopic (exact) mass is 241 g/mol. The summed E-state index contributed by atoms with van der Waals surface area (Å²) >= 11 is 0. The normalized spacial score (nSPS) is 9.83. The van der Waals surface area contributed by atoms with E-state index in [4.69, 9.17) is 5.26 Å². The second-order valence-corrected chi connectivity index (χ2v) is 3.69. The molecule has 0 aliphatic rings. The lowest BCUT2D eigenvalue weighted by atomic mass is 10.2. The van der Waals surface area contributed by atoms with Gasteiger partial charge in [-0.25, -0.2) is 9.37 Å². The maximum atomic E-state index is 13.8. The number of rotatable bonds is 3. The van der Waals surface area contributed by atoms with Gasteiger partial charge >= 0.3 is 0 Å². The van der Waals surface area contributed by atoms with Gasteiger partial charge in [-0.3, -0.25) is 0 Å². The Morgan fingerprint density at radius 1 is 1.22 bits per heavy atom. The van der Waals surface area contributed by atoms with E-state index in [0.29, 0.717) is 23.7 Å². The van der Waals surface area contributed by atoms with Crippen molar-refractivity contribution in [2.24, 2.45) is 0 Å². The Balaban J connectivity index is 2.46. The van der Waals surface area contributed by atoms with Gasteiger partial charge in [-0.15, -0.1) is 0 Å². The number of aromatic nitrogens is 1. The highest BCUT2D eigenvalue weighted by Crippen LogP contribution is 2.25. The first-order valence-corrected chi connectivity index (χ1v) is 5.65. The SMILES string of the molecule is CCN(c1cccc(C#N)n1)c1ccccc1F. The van der Waals surface area contributed by atoms with Crippen LogP contribution >= 0.6 is 0 Å². The van der Waals surface area contributed by atoms with Crippen LogP contribution in [-0.2, 0) is 0 Å². The van der Waals surface area contributed by atoms with Crippen LogP contribution in [-0.4, -0.2) is 11.5 Å². The lowest BCUT2D eigenvalue weighted by molar-refractivity contribution is 0.625. The Kier molecular flexibility index (Phi) is 3.54. The van der Waals surface area contributed by atoms with E-state index in [1.54, 1.807) is 41.3 Å². The Labute approximate surface area is 105 Å². The first-order chi connectivity index (χ1) is 8.76. The van der Waals surface area contributed by atoms with E-state index in [1.165, 1.54) is 6.07 Å². The second-order valence-electron chi connectivity index (χ2n) is 3.69. The summed E-state index contributed by atoms with van der Waals surface area (Å²) in [6.07, 6.45) is 0. The predicted molar refractivity (Wildman–Crippen MR) is 68.0 cm³/mol. The third kappa shape index (κ3) is 2.30. The van der Waals surface area contributed by atoms with Crippen molar-refractivity contribution in [3.63, 3.8) is 0 Å². The van der Waals surface area contributed by atoms with Gasteiger partial charge in [0.25, 0.3) is 0 Å². The lowest BCUT2D eigenvalue weighted by Crippen LogP contribution is -2.18. The summed E-state index contributed by atoms with van der Waals surface area (Å²) in [5.74, 6) is 0.269. The van der Waals surface area contributed by atoms with Gasteiger partial charge in [-0.2, -0.15) is 5.26 Å². The quantitative estimate of drug-likeness (QED) is 0.828. The van der Waals surface area contributed by atoms with Crippen LogP contribution in [0.25, 0.3) is 0 Å². The largest absolute Gasteiger partial charge is 0.324 e. The first-order valence-electron chi connectivity index (χ1n) is 5.65. The average molecular weight is 241 g/mol. The Morgan fingerprint density at radius 3 is 2.67 bits per heavy atom. The maximum absolute atomic E-state index is 13.8. The molecule has 4 heteroatoms. The molecule has 0 atom stereocenters. The maximum Gasteiger partial charge on any atom is 0.146 e. The minimum absolute atomic E-state index is 0.302. The number of hydrogen-bond donors (Lipinski definition) is 0. The van der Waals surface area contributed by atoms with Crippen molar-refractivity contribution in [1.82, 2.24) is 4.98 Å². The highest BCUT2D eigenvalue weighted by atomic mass is 19.1. The highest BCUT2D eigenvalue weighted by Gasteiger charge is 2.12. The zero-order valence-electron chi connectivity index (χ0n) is 9.97. The molecule has 0 fully saturated rings. The summed E-state index contributed by atoms with van der Waals surface area (Å²) < 4.78 is 13.8. The van der Waals surface area contributed by atoms with Crippen LogP contribution in [0.15, 0.2) is 42.5 Å². The van der Waals surface area contributed by atoms with Crippen LogP contribution in [0.3, 0.4) is 0 Å². The smallest absolute Gasteiger partial charge is 0.146 e. The number of halogens is 1. The molecule has 0 unspecified atom stereocenters. The molecule has 3 nitrogen and oxygen atoms in total. The Hall–Kier alpha value is -2.41. The van der Waals surface area contributed by atoms with E-state index >= 15 is 0 Å². The molecule has 0 radical (unpaired) electrons. The number of para-hydroxylation sites is 1. The first kappa shape index (κ1) is 12.1. The van der Waals surface area contributed by atoms with Crippen molar-refractivity contribution in [1.29, 1.82) is 5.26 Å². The summed E-state index contributed by atoms with van der Waals surface area (Å²) in [6, 6.07) is 13.6. The molecule has 1 aromatic heterocycles. The summed E-state index contributed by atoms with van der Waals surface area (Å²) in [7, 11) is 0. The molecule has 0 saturated carbocycles. The van der Waals surface area contributed by atoms with Gasteiger partial charge in [0.2, 0.25) is 0 Å². The van der Waals surface area contributed by atoms with Crippen molar-refractivity contribution in [3.05, 3.63) is 54.0 Å². The number of nitriles is 1. The summed E-state index contributed by atoms with van der Waals surface area (Å²) in [5.41, 5.74) is 0.782. The van der Waals surface area contributed by atoms with Crippen LogP contribution in [0.1, 0.15) is 12.6 Å². The molecule has 2 rings (SSSR count). The molecule has 0 amide bonds. The van der Waals surface area contributed by atoms with E-state index in [0.717, 1.165) is 0 Å². The van der Waals surface area contributed by atoms with E-state index in [-0.39, 0.29) is 5.82 Å². The molecule has 90 valence electrons. The molecule has 0 aliphatic carbocycles. The van der Waals surface area contributed by atoms with Crippen molar-refractivity contribution in [3.8, 4) is 6.07 Å². The summed E-state index contributed by atoms with van der Waals surface area (Å²) in [6.45, 7) is 2.48. The van der Waals surface area contributed by atoms with Crippen LogP contribution in [0.4, 0.5) is 15.9 Å². The Bertz CT molecular complexity index is 590. The van der Waals surface area contributed by atoms with Crippen LogP contribution in [0.2, 0.25) is 0 Å². The second kappa shape index (κ2) is 5.28. The van der Waals surface area contributed by atoms with Gasteiger partial charge in [-0.05, 0) is 31.2 Å². The third-order valence-corrected chi connectivity index (χ3v) is 2.58. The number of benzene rings is 1. The summed E-state index contributed by atoms with van der Waals surface area (Å²) in [5, 5.41) is 8.84. The van der Waals surface area contributed by atoms with Crippen molar-refractivity contribution in [2.75, 3.05) is 11.4 Å². The topological polar surface area (TPSA) is 39.9 Å². The molecule has 0 N–H and O–H groups in total. The van der Waals surface area contributed by atoms with Gasteiger partial charge in [0, 0.05) is 6.54 Å². The van der Waals surface area contributed by atoms with Gasteiger partial charge in [0.1, 0.15) is 23.4 Å². The molecule has 0 saturated heterocycles. The van der Waals surface area contributed by atoms with Crippen LogP contribution < -0.4 is 4.90 Å². The predicted octanol–water partition coefficient (Wildman–Crippen LogP) is 3.25. The Morgan fingerprint density at radius 2 is 2.00 bits per heavy atom. The minimum atomic E-state index is -0.302. The number of anilines is 2. The zero-order chi connectivity index (χ0) is 13.0. The third-order valence-electron chi connectivity index (χ3n) is 2.58. The molecule has 1 heterocycles. The minimum Gasteiger partial charge on any atom is -0.324 e. The zero-order valence-corrected chi connectivity index (χ0v) is 9.97. The van der Waals surface area contributed by atoms with E-state index in [9.17, 15) is 4.39 Å². The molecule has 18 heavy (non-hydrogen) atoms. The van der Waals surface area contributed by atoms with Gasteiger partial charge < -0.3 is 4.90 Å². The van der Waals surface area contributed by atoms with Crippen molar-refractivity contribution >= 4 is 11.5 Å². The molecular formula is C14H12FN3. The van der Waals surface area contributed by atoms with E-state index in [2.05, 4.69) is 4.98 Å². The average Bonchev–Trinajstić information content (AvgIpc) is 2.42. The fraction of sp³-hybridized carbons (Fsp3) is 0.143. The van der Waals surface area contributed by atoms with Crippen LogP contribution in [0, 0.1) is 17.1 Å². The van der Waals surface area contributed by atoms with Gasteiger partial charge in [0.15, 0.2) is 0 Å².